The van der Waals surface area contributed by atoms with E-state index in [2.05, 4.69) is 6.07 Å². The molecule has 3 rings (SSSR count). The molecule has 2 fully saturated rings. The van der Waals surface area contributed by atoms with Gasteiger partial charge in [0.25, 0.3) is 0 Å². The molecule has 1 N–H and O–H groups in total. The molecule has 1 amide bonds. The summed E-state index contributed by atoms with van der Waals surface area (Å²) in [5, 5.41) is 19.2. The molecule has 1 aliphatic carbocycles. The van der Waals surface area contributed by atoms with E-state index in [1.165, 1.54) is 4.90 Å². The summed E-state index contributed by atoms with van der Waals surface area (Å²) in [5.74, 6) is 0. The first-order valence-electron chi connectivity index (χ1n) is 6.29. The average molecular weight is 258 g/mol. The summed E-state index contributed by atoms with van der Waals surface area (Å²) < 4.78 is 4.80. The SMILES string of the molecule is N#CC1(c2ccc(C(O)N3CCOC3=O)cc2)CC1. The number of nitrogens with zero attached hydrogens (tertiary/aromatic N) is 2. The highest BCUT2D eigenvalue weighted by atomic mass is 16.6. The standard InChI is InChI=1S/C14H14N2O3/c15-9-14(5-6-14)11-3-1-10(2-4-11)12(17)16-7-8-19-13(16)18/h1-4,12,17H,5-8H2. The predicted molar refractivity (Wildman–Crippen MR) is 66.0 cm³/mol. The van der Waals surface area contributed by atoms with Crippen molar-refractivity contribution in [1.29, 1.82) is 5.26 Å². The summed E-state index contributed by atoms with van der Waals surface area (Å²) >= 11 is 0. The Hall–Kier alpha value is -2.06. The second kappa shape index (κ2) is 4.25. The number of benzene rings is 1. The van der Waals surface area contributed by atoms with Crippen LogP contribution in [0.3, 0.4) is 0 Å². The van der Waals surface area contributed by atoms with E-state index in [9.17, 15) is 9.90 Å². The van der Waals surface area contributed by atoms with Crippen molar-refractivity contribution in [2.75, 3.05) is 13.2 Å². The maximum Gasteiger partial charge on any atom is 0.412 e. The lowest BCUT2D eigenvalue weighted by molar-refractivity contribution is 0.0364. The van der Waals surface area contributed by atoms with Gasteiger partial charge in [-0.05, 0) is 18.4 Å². The normalized spacial score (nSPS) is 21.7. The molecule has 5 heteroatoms. The Morgan fingerprint density at radius 1 is 1.37 bits per heavy atom. The molecular formula is C14H14N2O3. The zero-order chi connectivity index (χ0) is 13.5. The number of aliphatic hydroxyl groups excluding tert-OH is 1. The monoisotopic (exact) mass is 258 g/mol. The highest BCUT2D eigenvalue weighted by Gasteiger charge is 2.44. The smallest absolute Gasteiger partial charge is 0.412 e. The molecule has 0 spiro atoms. The molecule has 0 bridgehead atoms. The molecule has 1 aromatic carbocycles. The average Bonchev–Trinajstić information content (AvgIpc) is 3.14. The van der Waals surface area contributed by atoms with Crippen LogP contribution in [-0.2, 0) is 10.2 Å². The van der Waals surface area contributed by atoms with E-state index in [-0.39, 0.29) is 5.41 Å². The van der Waals surface area contributed by atoms with Crippen LogP contribution in [-0.4, -0.2) is 29.3 Å². The van der Waals surface area contributed by atoms with Gasteiger partial charge < -0.3 is 9.84 Å². The first-order valence-corrected chi connectivity index (χ1v) is 6.29. The lowest BCUT2D eigenvalue weighted by Crippen LogP contribution is -2.29. The molecule has 1 atom stereocenters. The largest absolute Gasteiger partial charge is 0.447 e. The van der Waals surface area contributed by atoms with Crippen LogP contribution in [0.15, 0.2) is 24.3 Å². The van der Waals surface area contributed by atoms with Crippen molar-refractivity contribution in [1.82, 2.24) is 4.90 Å². The van der Waals surface area contributed by atoms with Crippen LogP contribution in [0, 0.1) is 11.3 Å². The van der Waals surface area contributed by atoms with E-state index in [0.717, 1.165) is 18.4 Å². The Morgan fingerprint density at radius 3 is 2.53 bits per heavy atom. The minimum Gasteiger partial charge on any atom is -0.447 e. The first-order chi connectivity index (χ1) is 9.16. The number of cyclic esters (lactones) is 1. The van der Waals surface area contributed by atoms with E-state index >= 15 is 0 Å². The molecule has 19 heavy (non-hydrogen) atoms. The zero-order valence-corrected chi connectivity index (χ0v) is 10.4. The summed E-state index contributed by atoms with van der Waals surface area (Å²) in [6.45, 7) is 0.704. The molecular weight excluding hydrogens is 244 g/mol. The molecule has 1 aliphatic heterocycles. The molecule has 1 aromatic rings. The number of carbonyl (C=O) groups excluding carboxylic acids is 1. The Morgan fingerprint density at radius 2 is 2.05 bits per heavy atom. The van der Waals surface area contributed by atoms with Gasteiger partial charge in [-0.2, -0.15) is 5.26 Å². The van der Waals surface area contributed by atoms with E-state index in [1.54, 1.807) is 12.1 Å². The van der Waals surface area contributed by atoms with Crippen molar-refractivity contribution in [2.24, 2.45) is 0 Å². The number of rotatable bonds is 3. The summed E-state index contributed by atoms with van der Waals surface area (Å²) in [5.41, 5.74) is 1.29. The Balaban J connectivity index is 1.79. The number of carbonyl (C=O) groups is 1. The van der Waals surface area contributed by atoms with Crippen LogP contribution in [0.2, 0.25) is 0 Å². The van der Waals surface area contributed by atoms with Gasteiger partial charge in [-0.15, -0.1) is 0 Å². The van der Waals surface area contributed by atoms with Gasteiger partial charge in [-0.25, -0.2) is 4.79 Å². The molecule has 0 aromatic heterocycles. The van der Waals surface area contributed by atoms with Crippen molar-refractivity contribution in [3.8, 4) is 6.07 Å². The third-order valence-electron chi connectivity index (χ3n) is 3.81. The van der Waals surface area contributed by atoms with Gasteiger partial charge in [0.05, 0.1) is 18.0 Å². The van der Waals surface area contributed by atoms with E-state index in [1.807, 2.05) is 12.1 Å². The first kappa shape index (κ1) is 12.0. The molecule has 1 unspecified atom stereocenters. The van der Waals surface area contributed by atoms with Gasteiger partial charge >= 0.3 is 6.09 Å². The number of hydrogen-bond acceptors (Lipinski definition) is 4. The summed E-state index contributed by atoms with van der Waals surface area (Å²) in [4.78, 5) is 12.7. The van der Waals surface area contributed by atoms with Gasteiger partial charge in [0.15, 0.2) is 6.23 Å². The lowest BCUT2D eigenvalue weighted by Gasteiger charge is -2.21. The lowest BCUT2D eigenvalue weighted by atomic mass is 9.96. The van der Waals surface area contributed by atoms with Gasteiger partial charge in [0.1, 0.15) is 6.61 Å². The second-order valence-electron chi connectivity index (χ2n) is 5.00. The number of nitriles is 1. The van der Waals surface area contributed by atoms with Crippen molar-refractivity contribution < 1.29 is 14.6 Å². The molecule has 1 heterocycles. The minimum absolute atomic E-state index is 0.311. The van der Waals surface area contributed by atoms with Crippen LogP contribution in [0.4, 0.5) is 4.79 Å². The summed E-state index contributed by atoms with van der Waals surface area (Å²) in [7, 11) is 0. The van der Waals surface area contributed by atoms with Crippen LogP contribution >= 0.6 is 0 Å². The molecule has 2 aliphatic rings. The molecule has 1 saturated heterocycles. The van der Waals surface area contributed by atoms with Gasteiger partial charge in [0, 0.05) is 5.56 Å². The Kier molecular flexibility index (Phi) is 2.68. The van der Waals surface area contributed by atoms with Crippen LogP contribution in [0.5, 0.6) is 0 Å². The van der Waals surface area contributed by atoms with Crippen LogP contribution in [0.1, 0.15) is 30.2 Å². The van der Waals surface area contributed by atoms with E-state index < -0.39 is 12.3 Å². The quantitative estimate of drug-likeness (QED) is 0.895. The summed E-state index contributed by atoms with van der Waals surface area (Å²) in [6.07, 6.45) is 0.307. The maximum atomic E-state index is 11.4. The van der Waals surface area contributed by atoms with Crippen molar-refractivity contribution in [3.05, 3.63) is 35.4 Å². The maximum absolute atomic E-state index is 11.4. The fourth-order valence-electron chi connectivity index (χ4n) is 2.37. The minimum atomic E-state index is -0.985. The highest BCUT2D eigenvalue weighted by molar-refractivity contribution is 5.69. The molecule has 98 valence electrons. The van der Waals surface area contributed by atoms with Crippen LogP contribution in [0.25, 0.3) is 0 Å². The van der Waals surface area contributed by atoms with Gasteiger partial charge in [-0.3, -0.25) is 4.90 Å². The number of hydrogen-bond donors (Lipinski definition) is 1. The molecule has 1 saturated carbocycles. The van der Waals surface area contributed by atoms with Crippen molar-refractivity contribution >= 4 is 6.09 Å². The third kappa shape index (κ3) is 1.94. The molecule has 0 radical (unpaired) electrons. The third-order valence-corrected chi connectivity index (χ3v) is 3.81. The fraction of sp³-hybridized carbons (Fsp3) is 0.429. The molecule has 5 nitrogen and oxygen atoms in total. The van der Waals surface area contributed by atoms with E-state index in [0.29, 0.717) is 18.7 Å². The van der Waals surface area contributed by atoms with Gasteiger partial charge in [-0.1, -0.05) is 24.3 Å². The number of amides is 1. The highest BCUT2D eigenvalue weighted by Crippen LogP contribution is 2.47. The van der Waals surface area contributed by atoms with Crippen LogP contribution < -0.4 is 0 Å². The predicted octanol–water partition coefficient (Wildman–Crippen LogP) is 1.68. The zero-order valence-electron chi connectivity index (χ0n) is 10.4. The Bertz CT molecular complexity index is 543. The van der Waals surface area contributed by atoms with Crippen molar-refractivity contribution in [3.63, 3.8) is 0 Å². The van der Waals surface area contributed by atoms with E-state index in [4.69, 9.17) is 10.00 Å². The Labute approximate surface area is 111 Å². The van der Waals surface area contributed by atoms with Gasteiger partial charge in [0.2, 0.25) is 0 Å². The fourth-order valence-corrected chi connectivity index (χ4v) is 2.37. The number of ether oxygens (including phenoxy) is 1. The second-order valence-corrected chi connectivity index (χ2v) is 5.00. The topological polar surface area (TPSA) is 73.6 Å². The summed E-state index contributed by atoms with van der Waals surface area (Å²) in [6, 6.07) is 9.58. The van der Waals surface area contributed by atoms with Crippen molar-refractivity contribution in [2.45, 2.75) is 24.5 Å². The number of aliphatic hydroxyl groups is 1.